The zero-order chi connectivity index (χ0) is 41.0. The van der Waals surface area contributed by atoms with Gasteiger partial charge in [0.2, 0.25) is 0 Å². The zero-order valence-electron chi connectivity index (χ0n) is 33.9. The van der Waals surface area contributed by atoms with Crippen LogP contribution in [0.1, 0.15) is 0 Å². The SMILES string of the molecule is c1ccc(-c2c(-c3ccccc3)c3cc(N(c4ccc(-c5cccc6c5sc5ccccc56)cc4)c4cccc(-c5cccc6ccccc56)c4)ccc3c3ccccc23)cc1. The Balaban J connectivity index is 1.09. The Kier molecular flexibility index (Phi) is 8.76. The fourth-order valence-corrected chi connectivity index (χ4v) is 10.9. The van der Waals surface area contributed by atoms with Gasteiger partial charge in [-0.25, -0.2) is 0 Å². The third-order valence-electron chi connectivity index (χ3n) is 12.4. The molecule has 0 fully saturated rings. The fraction of sp³-hybridized carbons (Fsp3) is 0. The molecule has 0 aliphatic heterocycles. The molecular weight excluding hydrogens is 767 g/mol. The normalized spacial score (nSPS) is 11.5. The smallest absolute Gasteiger partial charge is 0.0468 e. The average molecular weight is 806 g/mol. The third-order valence-corrected chi connectivity index (χ3v) is 13.7. The first-order chi connectivity index (χ1) is 30.8. The second-order valence-corrected chi connectivity index (χ2v) is 17.0. The maximum atomic E-state index is 2.43. The van der Waals surface area contributed by atoms with E-state index in [9.17, 15) is 0 Å². The second-order valence-electron chi connectivity index (χ2n) is 16.0. The van der Waals surface area contributed by atoms with Crippen LogP contribution in [0.25, 0.3) is 97.0 Å². The van der Waals surface area contributed by atoms with E-state index in [0.717, 1.165) is 17.1 Å². The molecule has 62 heavy (non-hydrogen) atoms. The molecule has 11 aromatic carbocycles. The van der Waals surface area contributed by atoms with Gasteiger partial charge in [0.05, 0.1) is 0 Å². The number of hydrogen-bond donors (Lipinski definition) is 0. The topological polar surface area (TPSA) is 3.24 Å². The maximum absolute atomic E-state index is 2.43. The summed E-state index contributed by atoms with van der Waals surface area (Å²) in [6.07, 6.45) is 0. The lowest BCUT2D eigenvalue weighted by molar-refractivity contribution is 1.29. The van der Waals surface area contributed by atoms with E-state index in [0.29, 0.717) is 0 Å². The molecule has 290 valence electrons. The molecule has 0 atom stereocenters. The van der Waals surface area contributed by atoms with Crippen molar-refractivity contribution in [2.45, 2.75) is 0 Å². The van der Waals surface area contributed by atoms with Crippen LogP contribution in [0, 0.1) is 0 Å². The van der Waals surface area contributed by atoms with Crippen LogP contribution < -0.4 is 4.90 Å². The van der Waals surface area contributed by atoms with Crippen molar-refractivity contribution in [2.24, 2.45) is 0 Å². The van der Waals surface area contributed by atoms with Gasteiger partial charge in [-0.2, -0.15) is 0 Å². The van der Waals surface area contributed by atoms with E-state index in [4.69, 9.17) is 0 Å². The van der Waals surface area contributed by atoms with Gasteiger partial charge in [0.25, 0.3) is 0 Å². The first kappa shape index (κ1) is 36.1. The monoisotopic (exact) mass is 805 g/mol. The number of fused-ring (bicyclic) bond motifs is 7. The highest BCUT2D eigenvalue weighted by Crippen LogP contribution is 2.48. The number of rotatable bonds is 7. The van der Waals surface area contributed by atoms with Crippen LogP contribution in [0.2, 0.25) is 0 Å². The van der Waals surface area contributed by atoms with E-state index >= 15 is 0 Å². The van der Waals surface area contributed by atoms with Gasteiger partial charge in [0.15, 0.2) is 0 Å². The standard InChI is InChI=1S/C60H39NS/c1-3-17-42(18-4-1)58-54-27-10-9-25-51(54)52-37-36-47(39-56(52)59(58)43-19-5-2-6-20-43)61(46-23-13-22-44(38-46)49-28-14-21-40-16-7-8-24-48(40)49)45-34-32-41(33-35-45)50-29-15-30-55-53-26-11-12-31-57(53)62-60(50)55/h1-39H. The van der Waals surface area contributed by atoms with Gasteiger partial charge < -0.3 is 4.90 Å². The minimum absolute atomic E-state index is 1.09. The molecule has 12 aromatic rings. The molecule has 0 spiro atoms. The first-order valence-corrected chi connectivity index (χ1v) is 22.1. The van der Waals surface area contributed by atoms with E-state index in [-0.39, 0.29) is 0 Å². The van der Waals surface area contributed by atoms with Crippen molar-refractivity contribution in [1.29, 1.82) is 0 Å². The Morgan fingerprint density at radius 1 is 0.274 bits per heavy atom. The minimum atomic E-state index is 1.09. The Bertz CT molecular complexity index is 3620. The van der Waals surface area contributed by atoms with E-state index in [1.54, 1.807) is 0 Å². The summed E-state index contributed by atoms with van der Waals surface area (Å²) in [4.78, 5) is 2.43. The molecular formula is C60H39NS. The predicted octanol–water partition coefficient (Wildman–Crippen LogP) is 17.7. The van der Waals surface area contributed by atoms with Crippen molar-refractivity contribution in [2.75, 3.05) is 4.90 Å². The molecule has 0 N–H and O–H groups in total. The molecule has 0 aliphatic carbocycles. The number of thiophene rings is 1. The Hall–Kier alpha value is -7.78. The van der Waals surface area contributed by atoms with Gasteiger partial charge in [-0.1, -0.05) is 194 Å². The van der Waals surface area contributed by atoms with Crippen molar-refractivity contribution in [1.82, 2.24) is 0 Å². The van der Waals surface area contributed by atoms with Gasteiger partial charge >= 0.3 is 0 Å². The summed E-state index contributed by atoms with van der Waals surface area (Å²) < 4.78 is 2.64. The van der Waals surface area contributed by atoms with Crippen molar-refractivity contribution < 1.29 is 0 Å². The molecule has 0 unspecified atom stereocenters. The van der Waals surface area contributed by atoms with E-state index in [1.165, 1.54) is 97.0 Å². The highest BCUT2D eigenvalue weighted by atomic mass is 32.1. The molecule has 1 aromatic heterocycles. The highest BCUT2D eigenvalue weighted by Gasteiger charge is 2.21. The summed E-state index contributed by atoms with van der Waals surface area (Å²) in [6.45, 7) is 0. The number of hydrogen-bond acceptors (Lipinski definition) is 2. The molecule has 12 rings (SSSR count). The number of anilines is 3. The van der Waals surface area contributed by atoms with Crippen molar-refractivity contribution in [3.63, 3.8) is 0 Å². The largest absolute Gasteiger partial charge is 0.310 e. The molecule has 2 heteroatoms. The summed E-state index contributed by atoms with van der Waals surface area (Å²) in [6, 6.07) is 86.8. The minimum Gasteiger partial charge on any atom is -0.310 e. The average Bonchev–Trinajstić information content (AvgIpc) is 3.73. The number of benzene rings is 11. The Morgan fingerprint density at radius 2 is 0.806 bits per heavy atom. The van der Waals surface area contributed by atoms with E-state index < -0.39 is 0 Å². The molecule has 0 saturated heterocycles. The lowest BCUT2D eigenvalue weighted by Crippen LogP contribution is -2.10. The Labute approximate surface area is 365 Å². The highest BCUT2D eigenvalue weighted by molar-refractivity contribution is 7.26. The molecule has 0 bridgehead atoms. The summed E-state index contributed by atoms with van der Waals surface area (Å²) in [7, 11) is 0. The Morgan fingerprint density at radius 3 is 1.60 bits per heavy atom. The lowest BCUT2D eigenvalue weighted by Gasteiger charge is -2.27. The van der Waals surface area contributed by atoms with Crippen LogP contribution in [0.5, 0.6) is 0 Å². The van der Waals surface area contributed by atoms with Crippen LogP contribution in [-0.4, -0.2) is 0 Å². The van der Waals surface area contributed by atoms with Crippen LogP contribution >= 0.6 is 11.3 Å². The van der Waals surface area contributed by atoms with E-state index in [2.05, 4.69) is 241 Å². The first-order valence-electron chi connectivity index (χ1n) is 21.3. The molecule has 0 saturated carbocycles. The summed E-state index contributed by atoms with van der Waals surface area (Å²) in [5.74, 6) is 0. The zero-order valence-corrected chi connectivity index (χ0v) is 34.7. The van der Waals surface area contributed by atoms with Gasteiger partial charge in [-0.05, 0) is 119 Å². The third kappa shape index (κ3) is 6.07. The van der Waals surface area contributed by atoms with Crippen LogP contribution in [0.3, 0.4) is 0 Å². The molecule has 0 radical (unpaired) electrons. The van der Waals surface area contributed by atoms with E-state index in [1.807, 2.05) is 11.3 Å². The van der Waals surface area contributed by atoms with Crippen LogP contribution in [0.4, 0.5) is 17.1 Å². The predicted molar refractivity (Wildman–Crippen MR) is 268 cm³/mol. The van der Waals surface area contributed by atoms with Gasteiger partial charge in [0, 0.05) is 37.2 Å². The van der Waals surface area contributed by atoms with Crippen molar-refractivity contribution in [3.05, 3.63) is 237 Å². The second kappa shape index (κ2) is 15.0. The lowest BCUT2D eigenvalue weighted by atomic mass is 9.85. The summed E-state index contributed by atoms with van der Waals surface area (Å²) in [5.41, 5.74) is 13.1. The van der Waals surface area contributed by atoms with Gasteiger partial charge in [-0.15, -0.1) is 11.3 Å². The summed E-state index contributed by atoms with van der Waals surface area (Å²) >= 11 is 1.88. The molecule has 1 nitrogen and oxygen atoms in total. The number of nitrogens with zero attached hydrogens (tertiary/aromatic N) is 1. The molecule has 1 heterocycles. The quantitative estimate of drug-likeness (QED) is 0.145. The maximum Gasteiger partial charge on any atom is 0.0468 e. The van der Waals surface area contributed by atoms with Crippen LogP contribution in [-0.2, 0) is 0 Å². The molecule has 0 aliphatic rings. The summed E-state index contributed by atoms with van der Waals surface area (Å²) in [5, 5.41) is 10.1. The van der Waals surface area contributed by atoms with Gasteiger partial charge in [0.1, 0.15) is 0 Å². The van der Waals surface area contributed by atoms with Crippen molar-refractivity contribution >= 4 is 80.9 Å². The molecule has 0 amide bonds. The van der Waals surface area contributed by atoms with Gasteiger partial charge in [-0.3, -0.25) is 0 Å². The fourth-order valence-electron chi connectivity index (χ4n) is 9.63. The van der Waals surface area contributed by atoms with Crippen molar-refractivity contribution in [3.8, 4) is 44.5 Å². The van der Waals surface area contributed by atoms with Crippen LogP contribution in [0.15, 0.2) is 237 Å².